The summed E-state index contributed by atoms with van der Waals surface area (Å²) in [7, 11) is 3.98. The van der Waals surface area contributed by atoms with Crippen molar-refractivity contribution in [1.29, 1.82) is 0 Å². The molecule has 21 heavy (non-hydrogen) atoms. The van der Waals surface area contributed by atoms with Gasteiger partial charge in [0.25, 0.3) is 5.91 Å². The second-order valence-electron chi connectivity index (χ2n) is 5.48. The van der Waals surface area contributed by atoms with Crippen molar-refractivity contribution in [3.63, 3.8) is 0 Å². The molecule has 0 aliphatic heterocycles. The quantitative estimate of drug-likeness (QED) is 0.756. The van der Waals surface area contributed by atoms with Crippen LogP contribution in [0.2, 0.25) is 0 Å². The summed E-state index contributed by atoms with van der Waals surface area (Å²) in [6, 6.07) is 1.93. The van der Waals surface area contributed by atoms with Crippen LogP contribution >= 0.6 is 0 Å². The minimum Gasteiger partial charge on any atom is -0.370 e. The molecule has 0 spiro atoms. The van der Waals surface area contributed by atoms with Crippen molar-refractivity contribution in [1.82, 2.24) is 15.2 Å². The molecule has 1 N–H and O–H groups in total. The molecule has 0 aromatic carbocycles. The first-order valence-corrected chi connectivity index (χ1v) is 7.71. The van der Waals surface area contributed by atoms with Gasteiger partial charge in [-0.15, -0.1) is 0 Å². The van der Waals surface area contributed by atoms with Crippen LogP contribution in [0.5, 0.6) is 0 Å². The summed E-state index contributed by atoms with van der Waals surface area (Å²) in [5.74, 6) is -0.0563. The van der Waals surface area contributed by atoms with E-state index < -0.39 is 0 Å². The number of carbonyl (C=O) groups excluding carboxylic acids is 1. The molecule has 1 heterocycles. The largest absolute Gasteiger partial charge is 0.370 e. The number of anilines is 1. The molecule has 0 aliphatic carbocycles. The summed E-state index contributed by atoms with van der Waals surface area (Å²) < 4.78 is 0. The first kappa shape index (κ1) is 17.4. The van der Waals surface area contributed by atoms with Crippen LogP contribution in [0, 0.1) is 0 Å². The van der Waals surface area contributed by atoms with E-state index in [1.807, 2.05) is 31.3 Å². The van der Waals surface area contributed by atoms with E-state index in [2.05, 4.69) is 29.0 Å². The second-order valence-corrected chi connectivity index (χ2v) is 5.48. The lowest BCUT2D eigenvalue weighted by molar-refractivity contribution is 0.0950. The van der Waals surface area contributed by atoms with Crippen LogP contribution in [0.1, 0.15) is 37.0 Å². The van der Waals surface area contributed by atoms with Crippen molar-refractivity contribution in [2.24, 2.45) is 0 Å². The fourth-order valence-corrected chi connectivity index (χ4v) is 2.13. The van der Waals surface area contributed by atoms with Crippen LogP contribution in [0.3, 0.4) is 0 Å². The maximum Gasteiger partial charge on any atom is 0.252 e. The predicted molar refractivity (Wildman–Crippen MR) is 87.9 cm³/mol. The molecular formula is C16H28N4O. The molecule has 1 rings (SSSR count). The van der Waals surface area contributed by atoms with E-state index in [1.165, 1.54) is 0 Å². The SMILES string of the molecule is CCCN(CCC)c1cncc(C(=O)NCCN(C)C)c1. The maximum atomic E-state index is 12.1. The molecule has 0 radical (unpaired) electrons. The van der Waals surface area contributed by atoms with Gasteiger partial charge in [-0.3, -0.25) is 9.78 Å². The molecule has 1 aromatic heterocycles. The highest BCUT2D eigenvalue weighted by molar-refractivity contribution is 5.94. The number of hydrogen-bond donors (Lipinski definition) is 1. The summed E-state index contributed by atoms with van der Waals surface area (Å²) >= 11 is 0. The number of nitrogens with one attached hydrogen (secondary N) is 1. The molecule has 0 saturated carbocycles. The number of amides is 1. The maximum absolute atomic E-state index is 12.1. The summed E-state index contributed by atoms with van der Waals surface area (Å²) in [4.78, 5) is 20.7. The van der Waals surface area contributed by atoms with Crippen molar-refractivity contribution in [3.8, 4) is 0 Å². The monoisotopic (exact) mass is 292 g/mol. The van der Waals surface area contributed by atoms with Crippen molar-refractivity contribution < 1.29 is 4.79 Å². The molecule has 5 heteroatoms. The third-order valence-corrected chi connectivity index (χ3v) is 3.18. The molecule has 5 nitrogen and oxygen atoms in total. The number of hydrogen-bond acceptors (Lipinski definition) is 4. The van der Waals surface area contributed by atoms with Gasteiger partial charge in [0.15, 0.2) is 0 Å². The molecule has 0 fully saturated rings. The van der Waals surface area contributed by atoms with E-state index in [4.69, 9.17) is 0 Å². The topological polar surface area (TPSA) is 48.5 Å². The number of rotatable bonds is 9. The van der Waals surface area contributed by atoms with Crippen LogP contribution in [-0.2, 0) is 0 Å². The van der Waals surface area contributed by atoms with Crippen molar-refractivity contribution in [2.75, 3.05) is 45.2 Å². The fraction of sp³-hybridized carbons (Fsp3) is 0.625. The fourth-order valence-electron chi connectivity index (χ4n) is 2.13. The second kappa shape index (κ2) is 9.34. The lowest BCUT2D eigenvalue weighted by Crippen LogP contribution is -2.31. The summed E-state index contributed by atoms with van der Waals surface area (Å²) in [5.41, 5.74) is 1.66. The number of aromatic nitrogens is 1. The molecular weight excluding hydrogens is 264 g/mol. The summed E-state index contributed by atoms with van der Waals surface area (Å²) in [6.07, 6.45) is 5.63. The first-order chi connectivity index (χ1) is 10.1. The van der Waals surface area contributed by atoms with E-state index in [1.54, 1.807) is 6.20 Å². The average Bonchev–Trinajstić information content (AvgIpc) is 2.46. The Morgan fingerprint density at radius 1 is 1.14 bits per heavy atom. The minimum atomic E-state index is -0.0563. The van der Waals surface area contributed by atoms with Crippen molar-refractivity contribution in [2.45, 2.75) is 26.7 Å². The Kier molecular flexibility index (Phi) is 7.75. The molecule has 1 amide bonds. The number of likely N-dealkylation sites (N-methyl/N-ethyl adjacent to an activating group) is 1. The molecule has 0 bridgehead atoms. The predicted octanol–water partition coefficient (Wildman–Crippen LogP) is 2.00. The van der Waals surface area contributed by atoms with Crippen LogP contribution in [0.15, 0.2) is 18.5 Å². The smallest absolute Gasteiger partial charge is 0.252 e. The Labute approximate surface area is 128 Å². The Morgan fingerprint density at radius 2 is 1.81 bits per heavy atom. The Balaban J connectivity index is 2.71. The third-order valence-electron chi connectivity index (χ3n) is 3.18. The zero-order valence-corrected chi connectivity index (χ0v) is 13.7. The van der Waals surface area contributed by atoms with Gasteiger partial charge in [0.2, 0.25) is 0 Å². The van der Waals surface area contributed by atoms with E-state index in [0.29, 0.717) is 12.1 Å². The molecule has 0 atom stereocenters. The summed E-state index contributed by atoms with van der Waals surface area (Å²) in [6.45, 7) is 7.77. The molecule has 0 unspecified atom stereocenters. The van der Waals surface area contributed by atoms with Crippen molar-refractivity contribution in [3.05, 3.63) is 24.0 Å². The molecule has 118 valence electrons. The van der Waals surface area contributed by atoms with Crippen molar-refractivity contribution >= 4 is 11.6 Å². The van der Waals surface area contributed by atoms with Gasteiger partial charge in [-0.1, -0.05) is 13.8 Å². The zero-order chi connectivity index (χ0) is 15.7. The minimum absolute atomic E-state index is 0.0563. The van der Waals surface area contributed by atoms with Gasteiger partial charge in [0.05, 0.1) is 17.4 Å². The van der Waals surface area contributed by atoms with Gasteiger partial charge in [-0.25, -0.2) is 0 Å². The number of pyridine rings is 1. The molecule has 0 saturated heterocycles. The van der Waals surface area contributed by atoms with Gasteiger partial charge < -0.3 is 15.1 Å². The third kappa shape index (κ3) is 6.12. The lowest BCUT2D eigenvalue weighted by atomic mass is 10.2. The Hall–Kier alpha value is -1.62. The van der Waals surface area contributed by atoms with Crippen LogP contribution in [0.25, 0.3) is 0 Å². The number of nitrogens with zero attached hydrogens (tertiary/aromatic N) is 3. The van der Waals surface area contributed by atoms with E-state index in [0.717, 1.165) is 38.2 Å². The van der Waals surface area contributed by atoms with Gasteiger partial charge in [0, 0.05) is 32.4 Å². The lowest BCUT2D eigenvalue weighted by Gasteiger charge is -2.23. The zero-order valence-electron chi connectivity index (χ0n) is 13.7. The molecule has 1 aromatic rings. The highest BCUT2D eigenvalue weighted by Gasteiger charge is 2.10. The Bertz CT molecular complexity index is 428. The summed E-state index contributed by atoms with van der Waals surface area (Å²) in [5, 5.41) is 2.92. The van der Waals surface area contributed by atoms with E-state index in [-0.39, 0.29) is 5.91 Å². The van der Waals surface area contributed by atoms with Gasteiger partial charge >= 0.3 is 0 Å². The van der Waals surface area contributed by atoms with Gasteiger partial charge in [-0.05, 0) is 33.0 Å². The van der Waals surface area contributed by atoms with Crippen LogP contribution in [0.4, 0.5) is 5.69 Å². The van der Waals surface area contributed by atoms with Crippen LogP contribution < -0.4 is 10.2 Å². The number of carbonyl (C=O) groups is 1. The highest BCUT2D eigenvalue weighted by atomic mass is 16.1. The van der Waals surface area contributed by atoms with E-state index in [9.17, 15) is 4.79 Å². The first-order valence-electron chi connectivity index (χ1n) is 7.71. The standard InChI is InChI=1S/C16H28N4O/c1-5-8-20(9-6-2)15-11-14(12-17-13-15)16(21)18-7-10-19(3)4/h11-13H,5-10H2,1-4H3,(H,18,21). The highest BCUT2D eigenvalue weighted by Crippen LogP contribution is 2.15. The Morgan fingerprint density at radius 3 is 2.38 bits per heavy atom. The normalized spacial score (nSPS) is 10.7. The van der Waals surface area contributed by atoms with Gasteiger partial charge in [-0.2, -0.15) is 0 Å². The van der Waals surface area contributed by atoms with E-state index >= 15 is 0 Å². The van der Waals surface area contributed by atoms with Crippen LogP contribution in [-0.4, -0.2) is 56.1 Å². The average molecular weight is 292 g/mol. The molecule has 0 aliphatic rings. The van der Waals surface area contributed by atoms with Gasteiger partial charge in [0.1, 0.15) is 0 Å².